The van der Waals surface area contributed by atoms with Crippen LogP contribution < -0.4 is 10.5 Å². The molecule has 0 radical (unpaired) electrons. The third-order valence-corrected chi connectivity index (χ3v) is 5.51. The lowest BCUT2D eigenvalue weighted by atomic mass is 9.87. The van der Waals surface area contributed by atoms with Crippen LogP contribution in [0.25, 0.3) is 0 Å². The van der Waals surface area contributed by atoms with Crippen LogP contribution in [-0.2, 0) is 6.42 Å². The summed E-state index contributed by atoms with van der Waals surface area (Å²) in [5.74, 6) is 0.904. The van der Waals surface area contributed by atoms with Crippen molar-refractivity contribution >= 4 is 23.3 Å². The second kappa shape index (κ2) is 5.48. The third-order valence-electron chi connectivity index (χ3n) is 3.40. The Bertz CT molecular complexity index is 559. The van der Waals surface area contributed by atoms with Gasteiger partial charge in [0.05, 0.1) is 7.11 Å². The molecule has 2 aromatic rings. The first kappa shape index (κ1) is 12.9. The van der Waals surface area contributed by atoms with Crippen molar-refractivity contribution in [3.63, 3.8) is 0 Å². The van der Waals surface area contributed by atoms with Gasteiger partial charge in [-0.15, -0.1) is 0 Å². The molecule has 0 saturated carbocycles. The Morgan fingerprint density at radius 1 is 1.47 bits per heavy atom. The maximum Gasteiger partial charge on any atom is 0.170 e. The molecule has 2 N–H and O–H groups in total. The van der Waals surface area contributed by atoms with Gasteiger partial charge in [0.25, 0.3) is 0 Å². The van der Waals surface area contributed by atoms with Crippen LogP contribution in [0, 0.1) is 0 Å². The van der Waals surface area contributed by atoms with Crippen LogP contribution in [0.3, 0.4) is 0 Å². The number of nitrogens with zero attached hydrogens (tertiary/aromatic N) is 2. The van der Waals surface area contributed by atoms with Gasteiger partial charge in [0.15, 0.2) is 4.34 Å². The first-order chi connectivity index (χ1) is 9.28. The molecule has 1 aromatic carbocycles. The molecule has 1 heterocycles. The first-order valence-electron chi connectivity index (χ1n) is 6.13. The molecule has 6 heteroatoms. The van der Waals surface area contributed by atoms with Crippen LogP contribution in [0.5, 0.6) is 5.75 Å². The molecule has 19 heavy (non-hydrogen) atoms. The highest BCUT2D eigenvalue weighted by atomic mass is 32.2. The normalized spacial score (nSPS) is 22.0. The summed E-state index contributed by atoms with van der Waals surface area (Å²) >= 11 is 3.17. The molecule has 1 aliphatic carbocycles. The van der Waals surface area contributed by atoms with E-state index in [1.807, 2.05) is 6.07 Å². The Morgan fingerprint density at radius 2 is 2.37 bits per heavy atom. The van der Waals surface area contributed by atoms with Gasteiger partial charge in [0.1, 0.15) is 12.1 Å². The van der Waals surface area contributed by atoms with E-state index in [2.05, 4.69) is 21.5 Å². The molecular weight excluding hydrogens is 278 g/mol. The summed E-state index contributed by atoms with van der Waals surface area (Å²) < 4.78 is 10.3. The van der Waals surface area contributed by atoms with Gasteiger partial charge in [-0.25, -0.2) is 4.98 Å². The molecule has 0 fully saturated rings. The summed E-state index contributed by atoms with van der Waals surface area (Å²) in [5.41, 5.74) is 8.93. The molecule has 3 rings (SSSR count). The van der Waals surface area contributed by atoms with Crippen LogP contribution in [0.1, 0.15) is 23.6 Å². The van der Waals surface area contributed by atoms with Gasteiger partial charge in [-0.1, -0.05) is 17.8 Å². The molecule has 0 bridgehead atoms. The van der Waals surface area contributed by atoms with Crippen LogP contribution in [-0.4, -0.2) is 21.7 Å². The molecule has 2 unspecified atom stereocenters. The van der Waals surface area contributed by atoms with Gasteiger partial charge >= 0.3 is 0 Å². The number of fused-ring (bicyclic) bond motifs is 1. The van der Waals surface area contributed by atoms with Gasteiger partial charge in [-0.2, -0.15) is 4.37 Å². The fraction of sp³-hybridized carbons (Fsp3) is 0.385. The standard InChI is InChI=1S/C13H15N3OS2/c1-17-9-3-4-10-8(6-9)2-5-11(12(10)14)18-13-15-7-16-19-13/h3-4,6-7,11-12H,2,5,14H2,1H3. The van der Waals surface area contributed by atoms with E-state index in [4.69, 9.17) is 10.5 Å². The van der Waals surface area contributed by atoms with Crippen molar-refractivity contribution in [3.8, 4) is 5.75 Å². The van der Waals surface area contributed by atoms with Crippen molar-refractivity contribution in [3.05, 3.63) is 35.7 Å². The second-order valence-corrected chi connectivity index (χ2v) is 6.76. The van der Waals surface area contributed by atoms with E-state index >= 15 is 0 Å². The lowest BCUT2D eigenvalue weighted by molar-refractivity contribution is 0.413. The smallest absolute Gasteiger partial charge is 0.170 e. The Morgan fingerprint density at radius 3 is 3.11 bits per heavy atom. The minimum absolute atomic E-state index is 0.0450. The van der Waals surface area contributed by atoms with Crippen molar-refractivity contribution in [2.75, 3.05) is 7.11 Å². The van der Waals surface area contributed by atoms with E-state index < -0.39 is 0 Å². The predicted molar refractivity (Wildman–Crippen MR) is 77.8 cm³/mol. The molecule has 0 amide bonds. The van der Waals surface area contributed by atoms with Gasteiger partial charge in [0, 0.05) is 11.3 Å². The monoisotopic (exact) mass is 293 g/mol. The van der Waals surface area contributed by atoms with E-state index in [0.717, 1.165) is 22.9 Å². The van der Waals surface area contributed by atoms with E-state index in [9.17, 15) is 0 Å². The number of rotatable bonds is 3. The number of aromatic nitrogens is 2. The van der Waals surface area contributed by atoms with Crippen LogP contribution in [0.2, 0.25) is 0 Å². The van der Waals surface area contributed by atoms with Crippen LogP contribution in [0.4, 0.5) is 0 Å². The van der Waals surface area contributed by atoms with Crippen molar-refractivity contribution in [2.45, 2.75) is 28.5 Å². The molecular formula is C13H15N3OS2. The molecule has 0 aliphatic heterocycles. The molecule has 100 valence electrons. The van der Waals surface area contributed by atoms with Gasteiger partial charge < -0.3 is 10.5 Å². The van der Waals surface area contributed by atoms with Crippen LogP contribution in [0.15, 0.2) is 28.9 Å². The Kier molecular flexibility index (Phi) is 3.72. The number of hydrogen-bond donors (Lipinski definition) is 1. The lowest BCUT2D eigenvalue weighted by Crippen LogP contribution is -2.29. The summed E-state index contributed by atoms with van der Waals surface area (Å²) in [5, 5.41) is 0.369. The topological polar surface area (TPSA) is 61.0 Å². The fourth-order valence-corrected chi connectivity index (χ4v) is 4.25. The quantitative estimate of drug-likeness (QED) is 0.942. The zero-order chi connectivity index (χ0) is 13.2. The van der Waals surface area contributed by atoms with E-state index in [1.165, 1.54) is 22.7 Å². The number of thioether (sulfide) groups is 1. The minimum Gasteiger partial charge on any atom is -0.497 e. The molecule has 0 spiro atoms. The molecule has 0 saturated heterocycles. The average molecular weight is 293 g/mol. The van der Waals surface area contributed by atoms with Gasteiger partial charge in [-0.3, -0.25) is 0 Å². The highest BCUT2D eigenvalue weighted by molar-refractivity contribution is 8.01. The summed E-state index contributed by atoms with van der Waals surface area (Å²) in [6.07, 6.45) is 3.70. The maximum absolute atomic E-state index is 6.39. The molecule has 1 aliphatic rings. The maximum atomic E-state index is 6.39. The van der Waals surface area contributed by atoms with Crippen molar-refractivity contribution in [2.24, 2.45) is 5.73 Å². The minimum atomic E-state index is 0.0450. The highest BCUT2D eigenvalue weighted by Gasteiger charge is 2.28. The van der Waals surface area contributed by atoms with Crippen molar-refractivity contribution < 1.29 is 4.74 Å². The van der Waals surface area contributed by atoms with Crippen molar-refractivity contribution in [1.82, 2.24) is 9.36 Å². The number of aryl methyl sites for hydroxylation is 1. The number of benzene rings is 1. The predicted octanol–water partition coefficient (Wildman–Crippen LogP) is 2.65. The van der Waals surface area contributed by atoms with Gasteiger partial charge in [-0.05, 0) is 47.6 Å². The molecule has 2 atom stereocenters. The number of methoxy groups -OCH3 is 1. The van der Waals surface area contributed by atoms with Crippen molar-refractivity contribution in [1.29, 1.82) is 0 Å². The number of hydrogen-bond acceptors (Lipinski definition) is 6. The highest BCUT2D eigenvalue weighted by Crippen LogP contribution is 2.39. The Hall–Kier alpha value is -1.11. The summed E-state index contributed by atoms with van der Waals surface area (Å²) in [4.78, 5) is 4.22. The fourth-order valence-electron chi connectivity index (χ4n) is 2.40. The zero-order valence-electron chi connectivity index (χ0n) is 10.6. The number of ether oxygens (including phenoxy) is 1. The summed E-state index contributed by atoms with van der Waals surface area (Å²) in [7, 11) is 1.69. The van der Waals surface area contributed by atoms with E-state index in [1.54, 1.807) is 25.2 Å². The molecule has 4 nitrogen and oxygen atoms in total. The largest absolute Gasteiger partial charge is 0.497 e. The summed E-state index contributed by atoms with van der Waals surface area (Å²) in [6, 6.07) is 6.21. The van der Waals surface area contributed by atoms with Gasteiger partial charge in [0.2, 0.25) is 0 Å². The van der Waals surface area contributed by atoms with Crippen LogP contribution >= 0.6 is 23.3 Å². The second-order valence-electron chi connectivity index (χ2n) is 4.49. The Labute approximate surface area is 120 Å². The summed E-state index contributed by atoms with van der Waals surface area (Å²) in [6.45, 7) is 0. The lowest BCUT2D eigenvalue weighted by Gasteiger charge is -2.30. The zero-order valence-corrected chi connectivity index (χ0v) is 12.2. The Balaban J connectivity index is 1.81. The molecule has 1 aromatic heterocycles. The van der Waals surface area contributed by atoms with E-state index in [0.29, 0.717) is 5.25 Å². The SMILES string of the molecule is COc1ccc2c(c1)CCC(Sc1ncns1)C2N. The van der Waals surface area contributed by atoms with E-state index in [-0.39, 0.29) is 6.04 Å². The third kappa shape index (κ3) is 2.61. The average Bonchev–Trinajstić information content (AvgIpc) is 2.94. The number of nitrogens with two attached hydrogens (primary N) is 1. The first-order valence-corrected chi connectivity index (χ1v) is 7.79.